The largest absolute Gasteiger partial charge is 0.339 e. The van der Waals surface area contributed by atoms with Gasteiger partial charge >= 0.3 is 0 Å². The van der Waals surface area contributed by atoms with Gasteiger partial charge in [0.15, 0.2) is 5.11 Å². The number of carbonyl (C=O) groups excluding carboxylic acids is 1. The molecule has 1 unspecified atom stereocenters. The van der Waals surface area contributed by atoms with Crippen molar-refractivity contribution in [3.63, 3.8) is 0 Å². The number of halogens is 3. The van der Waals surface area contributed by atoms with Crippen LogP contribution < -0.4 is 16.0 Å². The summed E-state index contributed by atoms with van der Waals surface area (Å²) in [5, 5.41) is 29.3. The maximum absolute atomic E-state index is 12.5. The van der Waals surface area contributed by atoms with Crippen LogP contribution in [0.3, 0.4) is 0 Å². The maximum atomic E-state index is 12.5. The molecule has 0 aromatic heterocycles. The molecule has 0 saturated heterocycles. The van der Waals surface area contributed by atoms with E-state index >= 15 is 0 Å². The number of hydrogen-bond donors (Lipinski definition) is 3. The number of anilines is 1. The molecule has 2 rings (SSSR count). The van der Waals surface area contributed by atoms with E-state index < -0.39 is 25.7 Å². The van der Waals surface area contributed by atoms with Gasteiger partial charge in [-0.05, 0) is 24.4 Å². The van der Waals surface area contributed by atoms with Crippen molar-refractivity contribution in [2.75, 3.05) is 5.32 Å². The molecule has 0 aliphatic carbocycles. The second-order valence-electron chi connectivity index (χ2n) is 5.63. The van der Waals surface area contributed by atoms with E-state index in [4.69, 9.17) is 47.0 Å². The lowest BCUT2D eigenvalue weighted by atomic mass is 10.2. The predicted molar refractivity (Wildman–Crippen MR) is 117 cm³/mol. The van der Waals surface area contributed by atoms with E-state index in [0.717, 1.165) is 6.07 Å². The lowest BCUT2D eigenvalue weighted by Crippen LogP contribution is -2.56. The van der Waals surface area contributed by atoms with Crippen molar-refractivity contribution < 1.29 is 14.6 Å². The van der Waals surface area contributed by atoms with Crippen LogP contribution in [0.2, 0.25) is 0 Å². The number of nitrogens with zero attached hydrogens (tertiary/aromatic N) is 2. The highest BCUT2D eigenvalue weighted by Crippen LogP contribution is 2.30. The first-order chi connectivity index (χ1) is 14.0. The summed E-state index contributed by atoms with van der Waals surface area (Å²) in [7, 11) is 0. The molecule has 0 radical (unpaired) electrons. The Bertz CT molecular complexity index is 1000. The van der Waals surface area contributed by atoms with Crippen LogP contribution in [0.15, 0.2) is 48.5 Å². The average Bonchev–Trinajstić information content (AvgIpc) is 2.67. The minimum Gasteiger partial charge on any atom is -0.339 e. The summed E-state index contributed by atoms with van der Waals surface area (Å²) in [6, 6.07) is 10.6. The van der Waals surface area contributed by atoms with Gasteiger partial charge in [0.2, 0.25) is 3.79 Å². The van der Waals surface area contributed by atoms with Crippen LogP contribution in [-0.2, 0) is 0 Å². The monoisotopic (exact) mass is 491 g/mol. The summed E-state index contributed by atoms with van der Waals surface area (Å²) in [6.07, 6.45) is -1.38. The Morgan fingerprint density at radius 3 is 2.27 bits per heavy atom. The molecule has 0 spiro atoms. The van der Waals surface area contributed by atoms with Crippen LogP contribution in [0.1, 0.15) is 10.4 Å². The van der Waals surface area contributed by atoms with Gasteiger partial charge in [-0.1, -0.05) is 53.0 Å². The molecule has 1 amide bonds. The number of thiocarbonyl (C=S) groups is 1. The van der Waals surface area contributed by atoms with Crippen molar-refractivity contribution in [2.45, 2.75) is 9.96 Å². The molecule has 1 atom stereocenters. The molecule has 0 aliphatic rings. The molecule has 0 heterocycles. The molecule has 0 saturated carbocycles. The van der Waals surface area contributed by atoms with E-state index in [1.165, 1.54) is 36.4 Å². The summed E-state index contributed by atoms with van der Waals surface area (Å²) in [5.74, 6) is -0.781. The molecule has 0 aliphatic heterocycles. The number of para-hydroxylation sites is 2. The maximum Gasteiger partial charge on any atom is 0.292 e. The Balaban J connectivity index is 2.16. The number of rotatable bonds is 6. The quantitative estimate of drug-likeness (QED) is 0.181. The normalized spacial score (nSPS) is 11.8. The van der Waals surface area contributed by atoms with E-state index in [1.807, 2.05) is 0 Å². The molecule has 10 nitrogen and oxygen atoms in total. The van der Waals surface area contributed by atoms with E-state index in [0.29, 0.717) is 0 Å². The summed E-state index contributed by atoms with van der Waals surface area (Å²) < 4.78 is -2.09. The number of hydrogen-bond acceptors (Lipinski definition) is 6. The molecule has 2 aromatic rings. The highest BCUT2D eigenvalue weighted by Gasteiger charge is 2.35. The zero-order valence-corrected chi connectivity index (χ0v) is 17.8. The highest BCUT2D eigenvalue weighted by molar-refractivity contribution is 7.80. The lowest BCUT2D eigenvalue weighted by molar-refractivity contribution is -0.384. The number of carbonyl (C=O) groups is 1. The summed E-state index contributed by atoms with van der Waals surface area (Å²) >= 11 is 22.8. The van der Waals surface area contributed by atoms with Crippen LogP contribution in [0, 0.1) is 20.2 Å². The fourth-order valence-corrected chi connectivity index (χ4v) is 2.76. The van der Waals surface area contributed by atoms with Crippen LogP contribution in [-0.4, -0.2) is 30.8 Å². The number of nitro groups is 2. The van der Waals surface area contributed by atoms with Crippen molar-refractivity contribution in [1.29, 1.82) is 0 Å². The third kappa shape index (κ3) is 6.39. The first-order valence-corrected chi connectivity index (χ1v) is 9.46. The fraction of sp³-hybridized carbons (Fsp3) is 0.125. The molecule has 14 heteroatoms. The van der Waals surface area contributed by atoms with E-state index in [1.54, 1.807) is 6.07 Å². The van der Waals surface area contributed by atoms with Crippen LogP contribution >= 0.6 is 47.0 Å². The summed E-state index contributed by atoms with van der Waals surface area (Å²) in [6.45, 7) is 0. The molecular formula is C16H12Cl3N5O5S. The lowest BCUT2D eigenvalue weighted by Gasteiger charge is -2.27. The van der Waals surface area contributed by atoms with Crippen molar-refractivity contribution in [3.8, 4) is 0 Å². The van der Waals surface area contributed by atoms with Gasteiger partial charge in [-0.3, -0.25) is 25.0 Å². The predicted octanol–water partition coefficient (Wildman–Crippen LogP) is 3.92. The Morgan fingerprint density at radius 1 is 1.00 bits per heavy atom. The van der Waals surface area contributed by atoms with Gasteiger partial charge in [0.05, 0.1) is 9.85 Å². The van der Waals surface area contributed by atoms with Gasteiger partial charge in [0.1, 0.15) is 11.9 Å². The first kappa shape index (κ1) is 23.5. The highest BCUT2D eigenvalue weighted by atomic mass is 35.6. The van der Waals surface area contributed by atoms with Gasteiger partial charge in [0.25, 0.3) is 17.3 Å². The molecule has 158 valence electrons. The second kappa shape index (κ2) is 9.85. The molecule has 30 heavy (non-hydrogen) atoms. The first-order valence-electron chi connectivity index (χ1n) is 7.92. The second-order valence-corrected chi connectivity index (χ2v) is 8.41. The van der Waals surface area contributed by atoms with Gasteiger partial charge in [-0.25, -0.2) is 0 Å². The van der Waals surface area contributed by atoms with Crippen molar-refractivity contribution in [1.82, 2.24) is 10.6 Å². The summed E-state index contributed by atoms with van der Waals surface area (Å²) in [4.78, 5) is 33.2. The summed E-state index contributed by atoms with van der Waals surface area (Å²) in [5.41, 5.74) is -0.516. The van der Waals surface area contributed by atoms with Gasteiger partial charge in [-0.15, -0.1) is 0 Å². The van der Waals surface area contributed by atoms with E-state index in [-0.39, 0.29) is 27.7 Å². The standard InChI is InChI=1S/C16H12Cl3N5O5S/c17-16(18,19)14(21-13(25)9-4-3-5-10(8-9)23(26)27)22-15(30)20-11-6-1-2-7-12(11)24(28)29/h1-8,14H,(H,21,25)(H2,20,22,30). The zero-order valence-electron chi connectivity index (χ0n) is 14.7. The topological polar surface area (TPSA) is 139 Å². The Labute approximate surface area is 189 Å². The van der Waals surface area contributed by atoms with Crippen molar-refractivity contribution in [2.24, 2.45) is 0 Å². The number of nitrogens with one attached hydrogen (secondary N) is 3. The minimum absolute atomic E-state index is 0.0529. The van der Waals surface area contributed by atoms with Crippen LogP contribution in [0.4, 0.5) is 17.1 Å². The minimum atomic E-state index is -2.09. The molecule has 2 aromatic carbocycles. The zero-order chi connectivity index (χ0) is 22.5. The van der Waals surface area contributed by atoms with Gasteiger partial charge < -0.3 is 16.0 Å². The fourth-order valence-electron chi connectivity index (χ4n) is 2.20. The molecule has 0 bridgehead atoms. The molecular weight excluding hydrogens is 481 g/mol. The third-order valence-electron chi connectivity index (χ3n) is 3.55. The third-order valence-corrected chi connectivity index (χ3v) is 4.42. The van der Waals surface area contributed by atoms with Crippen LogP contribution in [0.5, 0.6) is 0 Å². The average molecular weight is 493 g/mol. The Kier molecular flexibility index (Phi) is 7.73. The number of benzene rings is 2. The number of alkyl halides is 3. The van der Waals surface area contributed by atoms with Crippen LogP contribution in [0.25, 0.3) is 0 Å². The molecule has 3 N–H and O–H groups in total. The van der Waals surface area contributed by atoms with Gasteiger partial charge in [0, 0.05) is 23.8 Å². The number of nitro benzene ring substituents is 2. The smallest absolute Gasteiger partial charge is 0.292 e. The van der Waals surface area contributed by atoms with Crippen molar-refractivity contribution in [3.05, 3.63) is 74.3 Å². The number of non-ortho nitro benzene ring substituents is 1. The number of amides is 1. The Morgan fingerprint density at radius 2 is 1.67 bits per heavy atom. The van der Waals surface area contributed by atoms with E-state index in [2.05, 4.69) is 16.0 Å². The van der Waals surface area contributed by atoms with E-state index in [9.17, 15) is 25.0 Å². The van der Waals surface area contributed by atoms with Gasteiger partial charge in [-0.2, -0.15) is 0 Å². The SMILES string of the molecule is O=C(NC(NC(=S)Nc1ccccc1[N+](=O)[O-])C(Cl)(Cl)Cl)c1cccc([N+](=O)[O-])c1. The van der Waals surface area contributed by atoms with Crippen molar-refractivity contribution >= 4 is 75.1 Å². The molecule has 0 fully saturated rings. The Hall–Kier alpha value is -2.73.